The molecular formula is C19H22ClF3O3. The van der Waals surface area contributed by atoms with Gasteiger partial charge in [-0.25, -0.2) is 4.79 Å². The zero-order chi connectivity index (χ0) is 20.3. The van der Waals surface area contributed by atoms with Crippen LogP contribution in [0.15, 0.2) is 48.5 Å². The van der Waals surface area contributed by atoms with Crippen molar-refractivity contribution in [1.29, 1.82) is 0 Å². The molecule has 0 fully saturated rings. The minimum absolute atomic E-state index is 0.183. The average Bonchev–Trinajstić information content (AvgIpc) is 2.63. The van der Waals surface area contributed by atoms with Crippen molar-refractivity contribution in [2.24, 2.45) is 0 Å². The Labute approximate surface area is 156 Å². The molecule has 0 aliphatic carbocycles. The zero-order valence-corrected chi connectivity index (χ0v) is 15.7. The molecule has 0 aromatic heterocycles. The molecular weight excluding hydrogens is 369 g/mol. The first-order valence-electron chi connectivity index (χ1n) is 8.09. The van der Waals surface area contributed by atoms with Gasteiger partial charge in [-0.2, -0.15) is 13.2 Å². The number of carboxylic acid groups (broad SMARTS) is 1. The van der Waals surface area contributed by atoms with Crippen molar-refractivity contribution in [2.45, 2.75) is 40.0 Å². The minimum atomic E-state index is -4.53. The van der Waals surface area contributed by atoms with Crippen LogP contribution in [0.25, 0.3) is 0 Å². The fraction of sp³-hybridized carbons (Fsp3) is 0.316. The number of carboxylic acids is 1. The maximum absolute atomic E-state index is 12.6. The molecule has 144 valence electrons. The van der Waals surface area contributed by atoms with E-state index in [0.29, 0.717) is 5.02 Å². The molecule has 0 aliphatic heterocycles. The summed E-state index contributed by atoms with van der Waals surface area (Å²) in [5.74, 6) is -1.50. The summed E-state index contributed by atoms with van der Waals surface area (Å²) in [4.78, 5) is 11.3. The molecule has 1 unspecified atom stereocenters. The standard InChI is InChI=1S/C15H10ClF3O3.2C2H6/c16-11-6-4-9(5-7-11)13(14(20)21)22-12-3-1-2-10(8-12)15(17,18)19;2*1-2/h1-8,13H,(H,20,21);2*1-2H3. The molecule has 0 spiro atoms. The summed E-state index contributed by atoms with van der Waals surface area (Å²) in [6.07, 6.45) is -5.96. The second-order valence-corrected chi connectivity index (χ2v) is 4.85. The first-order valence-corrected chi connectivity index (χ1v) is 8.47. The van der Waals surface area contributed by atoms with Gasteiger partial charge in [-0.05, 0) is 30.3 Å². The molecule has 7 heteroatoms. The van der Waals surface area contributed by atoms with Gasteiger partial charge in [0.25, 0.3) is 0 Å². The third kappa shape index (κ3) is 7.35. The number of halogens is 4. The Morgan fingerprint density at radius 1 is 1.04 bits per heavy atom. The fourth-order valence-corrected chi connectivity index (χ4v) is 1.91. The number of alkyl halides is 3. The quantitative estimate of drug-likeness (QED) is 0.638. The molecule has 0 aliphatic rings. The summed E-state index contributed by atoms with van der Waals surface area (Å²) >= 11 is 5.71. The van der Waals surface area contributed by atoms with E-state index in [-0.39, 0.29) is 11.3 Å². The predicted octanol–water partition coefficient (Wildman–Crippen LogP) is 6.62. The van der Waals surface area contributed by atoms with Gasteiger partial charge in [0.1, 0.15) is 5.75 Å². The van der Waals surface area contributed by atoms with E-state index in [1.807, 2.05) is 27.7 Å². The molecule has 1 N–H and O–H groups in total. The lowest BCUT2D eigenvalue weighted by atomic mass is 10.1. The van der Waals surface area contributed by atoms with Crippen LogP contribution in [0, 0.1) is 0 Å². The molecule has 2 aromatic carbocycles. The van der Waals surface area contributed by atoms with E-state index in [1.54, 1.807) is 0 Å². The molecule has 0 heterocycles. The molecule has 0 saturated carbocycles. The fourth-order valence-electron chi connectivity index (χ4n) is 1.78. The van der Waals surface area contributed by atoms with Crippen molar-refractivity contribution < 1.29 is 27.8 Å². The molecule has 0 bridgehead atoms. The Morgan fingerprint density at radius 2 is 1.58 bits per heavy atom. The van der Waals surface area contributed by atoms with Gasteiger partial charge in [0.15, 0.2) is 0 Å². The van der Waals surface area contributed by atoms with Crippen LogP contribution >= 0.6 is 11.6 Å². The average molecular weight is 391 g/mol. The molecule has 3 nitrogen and oxygen atoms in total. The second kappa shape index (κ2) is 11.4. The Morgan fingerprint density at radius 3 is 2.04 bits per heavy atom. The number of rotatable bonds is 4. The summed E-state index contributed by atoms with van der Waals surface area (Å²) in [6, 6.07) is 9.88. The van der Waals surface area contributed by atoms with Gasteiger partial charge < -0.3 is 9.84 Å². The van der Waals surface area contributed by atoms with Gasteiger partial charge in [0.2, 0.25) is 6.10 Å². The summed E-state index contributed by atoms with van der Waals surface area (Å²) in [7, 11) is 0. The van der Waals surface area contributed by atoms with Crippen LogP contribution in [0.1, 0.15) is 44.9 Å². The van der Waals surface area contributed by atoms with E-state index in [4.69, 9.17) is 16.3 Å². The van der Waals surface area contributed by atoms with E-state index in [1.165, 1.54) is 30.3 Å². The van der Waals surface area contributed by atoms with E-state index in [2.05, 4.69) is 0 Å². The highest BCUT2D eigenvalue weighted by molar-refractivity contribution is 6.30. The van der Waals surface area contributed by atoms with E-state index in [0.717, 1.165) is 18.2 Å². The van der Waals surface area contributed by atoms with Gasteiger partial charge in [-0.3, -0.25) is 0 Å². The van der Waals surface area contributed by atoms with Gasteiger partial charge >= 0.3 is 12.1 Å². The number of aliphatic carboxylic acids is 1. The van der Waals surface area contributed by atoms with Crippen LogP contribution in [0.3, 0.4) is 0 Å². The molecule has 0 saturated heterocycles. The Balaban J connectivity index is 0.00000146. The van der Waals surface area contributed by atoms with Crippen LogP contribution in [0.5, 0.6) is 5.75 Å². The lowest BCUT2D eigenvalue weighted by Gasteiger charge is -2.16. The van der Waals surface area contributed by atoms with Crippen LogP contribution in [-0.2, 0) is 11.0 Å². The topological polar surface area (TPSA) is 46.5 Å². The van der Waals surface area contributed by atoms with Crippen molar-refractivity contribution in [1.82, 2.24) is 0 Å². The number of carbonyl (C=O) groups is 1. The van der Waals surface area contributed by atoms with Gasteiger partial charge in [-0.1, -0.05) is 57.5 Å². The molecule has 26 heavy (non-hydrogen) atoms. The van der Waals surface area contributed by atoms with Crippen molar-refractivity contribution in [3.63, 3.8) is 0 Å². The zero-order valence-electron chi connectivity index (χ0n) is 15.0. The van der Waals surface area contributed by atoms with Crippen LogP contribution in [0.2, 0.25) is 5.02 Å². The number of ether oxygens (including phenoxy) is 1. The molecule has 2 rings (SSSR count). The summed E-state index contributed by atoms with van der Waals surface area (Å²) < 4.78 is 43.1. The highest BCUT2D eigenvalue weighted by Crippen LogP contribution is 2.32. The SMILES string of the molecule is CC.CC.O=C(O)C(Oc1cccc(C(F)(F)F)c1)c1ccc(Cl)cc1. The van der Waals surface area contributed by atoms with E-state index < -0.39 is 23.8 Å². The largest absolute Gasteiger partial charge is 0.478 e. The number of benzene rings is 2. The van der Waals surface area contributed by atoms with Gasteiger partial charge in [0, 0.05) is 10.6 Å². The van der Waals surface area contributed by atoms with Gasteiger partial charge in [0.05, 0.1) is 5.56 Å². The van der Waals surface area contributed by atoms with Crippen molar-refractivity contribution >= 4 is 17.6 Å². The van der Waals surface area contributed by atoms with Crippen LogP contribution in [-0.4, -0.2) is 11.1 Å². The number of hydrogen-bond acceptors (Lipinski definition) is 2. The summed E-state index contributed by atoms with van der Waals surface area (Å²) in [5.41, 5.74) is -0.639. The third-order valence-corrected chi connectivity index (χ3v) is 3.06. The molecule has 1 atom stereocenters. The van der Waals surface area contributed by atoms with Crippen molar-refractivity contribution in [3.8, 4) is 5.75 Å². The number of hydrogen-bond donors (Lipinski definition) is 1. The van der Waals surface area contributed by atoms with Crippen molar-refractivity contribution in [3.05, 3.63) is 64.7 Å². The Kier molecular flexibility index (Phi) is 10.4. The third-order valence-electron chi connectivity index (χ3n) is 2.81. The molecule has 0 amide bonds. The smallest absolute Gasteiger partial charge is 0.416 e. The lowest BCUT2D eigenvalue weighted by molar-refractivity contribution is -0.145. The molecule has 2 aromatic rings. The van der Waals surface area contributed by atoms with E-state index >= 15 is 0 Å². The maximum atomic E-state index is 12.6. The lowest BCUT2D eigenvalue weighted by Crippen LogP contribution is -2.18. The summed E-state index contributed by atoms with van der Waals surface area (Å²) in [5, 5.41) is 9.62. The first-order chi connectivity index (χ1) is 12.3. The highest BCUT2D eigenvalue weighted by Gasteiger charge is 2.31. The highest BCUT2D eigenvalue weighted by atomic mass is 35.5. The predicted molar refractivity (Wildman–Crippen MR) is 96.6 cm³/mol. The maximum Gasteiger partial charge on any atom is 0.416 e. The Hall–Kier alpha value is -2.21. The normalized spacial score (nSPS) is 11.2. The van der Waals surface area contributed by atoms with Crippen molar-refractivity contribution in [2.75, 3.05) is 0 Å². The monoisotopic (exact) mass is 390 g/mol. The second-order valence-electron chi connectivity index (χ2n) is 4.41. The minimum Gasteiger partial charge on any atom is -0.478 e. The van der Waals surface area contributed by atoms with Crippen LogP contribution in [0.4, 0.5) is 13.2 Å². The van der Waals surface area contributed by atoms with Gasteiger partial charge in [-0.15, -0.1) is 0 Å². The first kappa shape index (κ1) is 23.8. The van der Waals surface area contributed by atoms with Crippen LogP contribution < -0.4 is 4.74 Å². The molecule has 0 radical (unpaired) electrons. The summed E-state index contributed by atoms with van der Waals surface area (Å²) in [6.45, 7) is 8.00. The van der Waals surface area contributed by atoms with E-state index in [9.17, 15) is 23.1 Å². The Bertz CT molecular complexity index is 670.